The number of rotatable bonds is 4. The minimum Gasteiger partial charge on any atom is -0.463 e. The lowest BCUT2D eigenvalue weighted by atomic mass is 9.95. The molecule has 0 fully saturated rings. The summed E-state index contributed by atoms with van der Waals surface area (Å²) in [4.78, 5) is 21.1. The molecule has 9 heteroatoms. The van der Waals surface area contributed by atoms with E-state index in [-0.39, 0.29) is 17.7 Å². The van der Waals surface area contributed by atoms with Gasteiger partial charge in [0, 0.05) is 22.8 Å². The van der Waals surface area contributed by atoms with Crippen LogP contribution in [0.2, 0.25) is 5.02 Å². The molecule has 26 heavy (non-hydrogen) atoms. The van der Waals surface area contributed by atoms with Crippen molar-refractivity contribution in [2.24, 2.45) is 4.99 Å². The van der Waals surface area contributed by atoms with Crippen molar-refractivity contribution < 1.29 is 18.3 Å². The number of halogens is 3. The summed E-state index contributed by atoms with van der Waals surface area (Å²) in [7, 11) is 0. The number of carbonyl (C=O) groups is 1. The molecule has 0 unspecified atom stereocenters. The van der Waals surface area contributed by atoms with Crippen LogP contribution in [-0.2, 0) is 9.53 Å². The smallest absolute Gasteiger partial charge is 0.338 e. The first-order valence-electron chi connectivity index (χ1n) is 7.70. The lowest BCUT2D eigenvalue weighted by Crippen LogP contribution is -2.33. The number of nitrogens with zero attached hydrogens (tertiary/aromatic N) is 2. The molecule has 0 amide bonds. The predicted molar refractivity (Wildman–Crippen MR) is 95.2 cm³/mol. The van der Waals surface area contributed by atoms with Crippen LogP contribution in [0.5, 0.6) is 0 Å². The minimum absolute atomic E-state index is 0.164. The molecule has 2 heterocycles. The Morgan fingerprint density at radius 3 is 2.85 bits per heavy atom. The van der Waals surface area contributed by atoms with Crippen molar-refractivity contribution in [3.8, 4) is 0 Å². The Morgan fingerprint density at radius 2 is 2.19 bits per heavy atom. The van der Waals surface area contributed by atoms with Crippen molar-refractivity contribution in [3.05, 3.63) is 62.2 Å². The predicted octanol–water partition coefficient (Wildman–Crippen LogP) is 4.00. The highest BCUT2D eigenvalue weighted by molar-refractivity contribution is 7.11. The lowest BCUT2D eigenvalue weighted by molar-refractivity contribution is -0.138. The van der Waals surface area contributed by atoms with Gasteiger partial charge in [0.1, 0.15) is 6.04 Å². The van der Waals surface area contributed by atoms with Gasteiger partial charge in [0.2, 0.25) is 0 Å². The molecule has 1 N–H and O–H groups in total. The molecular weight excluding hydrogens is 384 g/mol. The van der Waals surface area contributed by atoms with Gasteiger partial charge in [0.25, 0.3) is 0 Å². The van der Waals surface area contributed by atoms with E-state index in [4.69, 9.17) is 16.3 Å². The highest BCUT2D eigenvalue weighted by atomic mass is 35.5. The van der Waals surface area contributed by atoms with Gasteiger partial charge in [-0.2, -0.15) is 0 Å². The van der Waals surface area contributed by atoms with E-state index in [0.29, 0.717) is 16.5 Å². The third kappa shape index (κ3) is 3.34. The first-order valence-corrected chi connectivity index (χ1v) is 8.95. The number of ether oxygens (including phenoxy) is 1. The van der Waals surface area contributed by atoms with E-state index in [2.05, 4.69) is 15.3 Å². The summed E-state index contributed by atoms with van der Waals surface area (Å²) in [6.07, 6.45) is 1.61. The molecule has 1 aromatic carbocycles. The van der Waals surface area contributed by atoms with Crippen LogP contribution in [0.3, 0.4) is 0 Å². The Balaban J connectivity index is 2.15. The quantitative estimate of drug-likeness (QED) is 0.625. The van der Waals surface area contributed by atoms with Crippen molar-refractivity contribution in [1.29, 1.82) is 0 Å². The largest absolute Gasteiger partial charge is 0.463 e. The number of hydrogen-bond donors (Lipinski definition) is 1. The highest BCUT2D eigenvalue weighted by Crippen LogP contribution is 2.37. The van der Waals surface area contributed by atoms with Gasteiger partial charge in [-0.1, -0.05) is 17.7 Å². The molecule has 0 saturated carbocycles. The molecule has 0 radical (unpaired) electrons. The molecule has 3 rings (SSSR count). The summed E-state index contributed by atoms with van der Waals surface area (Å²) in [6.45, 7) is 3.51. The van der Waals surface area contributed by atoms with E-state index in [1.54, 1.807) is 25.4 Å². The summed E-state index contributed by atoms with van der Waals surface area (Å²) in [5, 5.41) is 4.97. The van der Waals surface area contributed by atoms with Gasteiger partial charge in [0.15, 0.2) is 22.5 Å². The van der Waals surface area contributed by atoms with Crippen molar-refractivity contribution >= 4 is 34.7 Å². The number of hydrogen-bond acceptors (Lipinski definition) is 6. The van der Waals surface area contributed by atoms with Crippen LogP contribution in [-0.4, -0.2) is 23.4 Å². The Labute approximate surface area is 157 Å². The number of allylic oxidation sites excluding steroid dienone is 1. The van der Waals surface area contributed by atoms with Crippen molar-refractivity contribution in [2.75, 3.05) is 6.61 Å². The monoisotopic (exact) mass is 397 g/mol. The number of thiazole rings is 1. The zero-order chi connectivity index (χ0) is 18.8. The van der Waals surface area contributed by atoms with Gasteiger partial charge in [-0.15, -0.1) is 11.3 Å². The zero-order valence-electron chi connectivity index (χ0n) is 13.8. The van der Waals surface area contributed by atoms with Crippen molar-refractivity contribution in [3.63, 3.8) is 0 Å². The molecule has 1 aliphatic rings. The standard InChI is InChI=1S/C17H14ClF2N3O2S/c1-3-25-17(24)11-8(2)22-15(16-21-6-7-26-16)23-14(11)9-4-5-10(19)13(20)12(9)18/h4-7,14H,3H2,1-2H3,(H,22,23)/t14-/m0/s1. The molecular formula is C17H14ClF2N3O2S. The van der Waals surface area contributed by atoms with Crippen LogP contribution in [0.15, 0.2) is 40.0 Å². The maximum absolute atomic E-state index is 14.0. The molecule has 0 spiro atoms. The average Bonchev–Trinajstić information content (AvgIpc) is 3.14. The van der Waals surface area contributed by atoms with Crippen molar-refractivity contribution in [1.82, 2.24) is 10.3 Å². The third-order valence-corrected chi connectivity index (χ3v) is 4.90. The Hall–Kier alpha value is -2.32. The fourth-order valence-electron chi connectivity index (χ4n) is 2.58. The molecule has 1 atom stereocenters. The Kier molecular flexibility index (Phi) is 5.33. The molecule has 1 aromatic heterocycles. The van der Waals surface area contributed by atoms with E-state index in [1.807, 2.05) is 0 Å². The van der Waals surface area contributed by atoms with Gasteiger partial charge in [0.05, 0.1) is 17.2 Å². The van der Waals surface area contributed by atoms with Gasteiger partial charge >= 0.3 is 5.97 Å². The van der Waals surface area contributed by atoms with E-state index in [9.17, 15) is 13.6 Å². The van der Waals surface area contributed by atoms with Gasteiger partial charge in [-0.25, -0.2) is 18.6 Å². The van der Waals surface area contributed by atoms with Gasteiger partial charge in [-0.3, -0.25) is 4.99 Å². The number of carbonyl (C=O) groups excluding carboxylic acids is 1. The van der Waals surface area contributed by atoms with E-state index in [0.717, 1.165) is 6.07 Å². The summed E-state index contributed by atoms with van der Waals surface area (Å²) in [5.74, 6) is -2.45. The second-order valence-corrected chi connectivity index (χ2v) is 6.64. The summed E-state index contributed by atoms with van der Waals surface area (Å²) >= 11 is 7.35. The van der Waals surface area contributed by atoms with Crippen LogP contribution in [0.4, 0.5) is 8.78 Å². The summed E-state index contributed by atoms with van der Waals surface area (Å²) in [5.41, 5.74) is 0.832. The molecule has 1 aliphatic heterocycles. The van der Waals surface area contributed by atoms with E-state index < -0.39 is 28.7 Å². The summed E-state index contributed by atoms with van der Waals surface area (Å²) in [6, 6.07) is 1.32. The molecule has 0 saturated heterocycles. The van der Waals surface area contributed by atoms with Crippen LogP contribution in [0.1, 0.15) is 30.5 Å². The van der Waals surface area contributed by atoms with Crippen LogP contribution in [0, 0.1) is 11.6 Å². The highest BCUT2D eigenvalue weighted by Gasteiger charge is 2.33. The fourth-order valence-corrected chi connectivity index (χ4v) is 3.42. The molecule has 2 aromatic rings. The Bertz CT molecular complexity index is 913. The van der Waals surface area contributed by atoms with Crippen LogP contribution >= 0.6 is 22.9 Å². The number of benzene rings is 1. The van der Waals surface area contributed by atoms with Gasteiger partial charge < -0.3 is 10.1 Å². The first-order chi connectivity index (χ1) is 12.4. The van der Waals surface area contributed by atoms with E-state index in [1.165, 1.54) is 17.4 Å². The van der Waals surface area contributed by atoms with Gasteiger partial charge in [-0.05, 0) is 19.9 Å². The normalized spacial score (nSPS) is 17.0. The topological polar surface area (TPSA) is 63.6 Å². The zero-order valence-corrected chi connectivity index (χ0v) is 15.4. The summed E-state index contributed by atoms with van der Waals surface area (Å²) < 4.78 is 32.5. The molecule has 0 aliphatic carbocycles. The number of nitrogens with one attached hydrogen (secondary N) is 1. The number of amidine groups is 1. The number of aliphatic imine (C=N–C) groups is 1. The maximum atomic E-state index is 14.0. The maximum Gasteiger partial charge on any atom is 0.338 e. The molecule has 5 nitrogen and oxygen atoms in total. The van der Waals surface area contributed by atoms with E-state index >= 15 is 0 Å². The SMILES string of the molecule is CCOC(=O)C1=C(C)NC(c2nccs2)=N[C@H]1c1ccc(F)c(F)c1Cl. The molecule has 136 valence electrons. The number of esters is 1. The molecule has 0 bridgehead atoms. The average molecular weight is 398 g/mol. The van der Waals surface area contributed by atoms with Crippen molar-refractivity contribution in [2.45, 2.75) is 19.9 Å². The fraction of sp³-hybridized carbons (Fsp3) is 0.235. The second-order valence-electron chi connectivity index (χ2n) is 5.37. The van der Waals surface area contributed by atoms with Crippen LogP contribution < -0.4 is 5.32 Å². The minimum atomic E-state index is -1.19. The second kappa shape index (κ2) is 7.51. The Morgan fingerprint density at radius 1 is 1.42 bits per heavy atom. The lowest BCUT2D eigenvalue weighted by Gasteiger charge is -2.26. The third-order valence-electron chi connectivity index (χ3n) is 3.73. The first kappa shape index (κ1) is 18.5. The number of aromatic nitrogens is 1. The van der Waals surface area contributed by atoms with Crippen LogP contribution in [0.25, 0.3) is 0 Å².